The molecule has 1 atom stereocenters. The van der Waals surface area contributed by atoms with Crippen molar-refractivity contribution < 1.29 is 8.85 Å². The summed E-state index contributed by atoms with van der Waals surface area (Å²) in [7, 11) is 1.02. The van der Waals surface area contributed by atoms with E-state index in [1.165, 1.54) is 0 Å². The van der Waals surface area contributed by atoms with Crippen LogP contribution >= 0.6 is 23.2 Å². The molecule has 0 aromatic carbocycles. The fourth-order valence-corrected chi connectivity index (χ4v) is 2.81. The second-order valence-corrected chi connectivity index (χ2v) is 6.79. The molecule has 0 saturated heterocycles. The zero-order valence-corrected chi connectivity index (χ0v) is 8.87. The maximum atomic E-state index is 5.85. The van der Waals surface area contributed by atoms with Crippen molar-refractivity contribution in [3.05, 3.63) is 0 Å². The number of hydrogen-bond donors (Lipinski definition) is 0. The van der Waals surface area contributed by atoms with E-state index < -0.39 is 8.56 Å². The molecule has 0 aliphatic carbocycles. The predicted octanol–water partition coefficient (Wildman–Crippen LogP) is 1.74. The number of halogens is 2. The van der Waals surface area contributed by atoms with Gasteiger partial charge in [-0.05, 0) is 6.55 Å². The van der Waals surface area contributed by atoms with Crippen LogP contribution in [0.15, 0.2) is 0 Å². The first-order valence-corrected chi connectivity index (χ1v) is 6.27. The first-order chi connectivity index (χ1) is 4.60. The van der Waals surface area contributed by atoms with Gasteiger partial charge in [0.2, 0.25) is 0 Å². The van der Waals surface area contributed by atoms with Gasteiger partial charge in [-0.3, -0.25) is 0 Å². The van der Waals surface area contributed by atoms with E-state index in [2.05, 4.69) is 0 Å². The SMILES string of the molecule is CO[Si](C)(OC)C(Cl)CCl. The Morgan fingerprint density at radius 1 is 1.40 bits per heavy atom. The third-order valence-corrected chi connectivity index (χ3v) is 6.55. The largest absolute Gasteiger partial charge is 0.397 e. The van der Waals surface area contributed by atoms with Gasteiger partial charge in [0.15, 0.2) is 0 Å². The highest BCUT2D eigenvalue weighted by Gasteiger charge is 2.37. The molecule has 2 nitrogen and oxygen atoms in total. The van der Waals surface area contributed by atoms with Gasteiger partial charge >= 0.3 is 8.56 Å². The minimum Gasteiger partial charge on any atom is -0.397 e. The van der Waals surface area contributed by atoms with Crippen molar-refractivity contribution >= 4 is 31.8 Å². The molecule has 0 fully saturated rings. The quantitative estimate of drug-likeness (QED) is 0.511. The smallest absolute Gasteiger partial charge is 0.354 e. The summed E-state index contributed by atoms with van der Waals surface area (Å²) in [6, 6.07) is 0. The number of alkyl halides is 2. The molecule has 0 N–H and O–H groups in total. The van der Waals surface area contributed by atoms with Crippen LogP contribution in [-0.2, 0) is 8.85 Å². The number of rotatable bonds is 4. The Kier molecular flexibility index (Phi) is 4.89. The van der Waals surface area contributed by atoms with Gasteiger partial charge in [-0.15, -0.1) is 23.2 Å². The highest BCUT2D eigenvalue weighted by atomic mass is 35.5. The first kappa shape index (κ1) is 10.7. The molecule has 0 aromatic heterocycles. The molecule has 0 radical (unpaired) electrons. The first-order valence-electron chi connectivity index (χ1n) is 2.91. The van der Waals surface area contributed by atoms with Gasteiger partial charge in [0.05, 0.1) is 5.00 Å². The topological polar surface area (TPSA) is 18.5 Å². The van der Waals surface area contributed by atoms with Crippen molar-refractivity contribution in [2.45, 2.75) is 11.5 Å². The van der Waals surface area contributed by atoms with Gasteiger partial charge in [0, 0.05) is 20.1 Å². The monoisotopic (exact) mass is 202 g/mol. The Hall–Kier alpha value is 0.717. The fraction of sp³-hybridized carbons (Fsp3) is 1.00. The van der Waals surface area contributed by atoms with Crippen LogP contribution < -0.4 is 0 Å². The maximum absolute atomic E-state index is 5.85. The van der Waals surface area contributed by atoms with Crippen LogP contribution in [0.4, 0.5) is 0 Å². The van der Waals surface area contributed by atoms with Crippen LogP contribution in [0.3, 0.4) is 0 Å². The van der Waals surface area contributed by atoms with E-state index >= 15 is 0 Å². The summed E-state index contributed by atoms with van der Waals surface area (Å²) in [6.45, 7) is 1.88. The molecule has 0 heterocycles. The van der Waals surface area contributed by atoms with Crippen LogP contribution in [-0.4, -0.2) is 33.7 Å². The van der Waals surface area contributed by atoms with Crippen LogP contribution in [0.2, 0.25) is 6.55 Å². The molecule has 62 valence electrons. The van der Waals surface area contributed by atoms with Crippen molar-refractivity contribution in [2.24, 2.45) is 0 Å². The third-order valence-electron chi connectivity index (χ3n) is 1.52. The zero-order chi connectivity index (χ0) is 8.20. The normalized spacial score (nSPS) is 15.3. The molecule has 0 rings (SSSR count). The summed E-state index contributed by atoms with van der Waals surface area (Å²) in [5, 5.41) is -0.191. The van der Waals surface area contributed by atoms with Crippen LogP contribution in [0, 0.1) is 0 Å². The second-order valence-electron chi connectivity index (χ2n) is 2.05. The van der Waals surface area contributed by atoms with Gasteiger partial charge in [-0.1, -0.05) is 0 Å². The maximum Gasteiger partial charge on any atom is 0.354 e. The average Bonchev–Trinajstić information content (AvgIpc) is 2.01. The molecule has 0 aromatic rings. The fourth-order valence-electron chi connectivity index (χ4n) is 0.479. The van der Waals surface area contributed by atoms with Gasteiger partial charge in [0.25, 0.3) is 0 Å². The van der Waals surface area contributed by atoms with Gasteiger partial charge < -0.3 is 8.85 Å². The Morgan fingerprint density at radius 3 is 1.90 bits per heavy atom. The lowest BCUT2D eigenvalue weighted by atomic mass is 10.9. The molecule has 0 amide bonds. The van der Waals surface area contributed by atoms with Crippen LogP contribution in [0.25, 0.3) is 0 Å². The second kappa shape index (κ2) is 4.57. The molecule has 1 unspecified atom stereocenters. The molecule has 5 heteroatoms. The van der Waals surface area contributed by atoms with Crippen molar-refractivity contribution in [2.75, 3.05) is 20.1 Å². The molecule has 0 aliphatic rings. The van der Waals surface area contributed by atoms with Gasteiger partial charge in [-0.25, -0.2) is 0 Å². The zero-order valence-electron chi connectivity index (χ0n) is 6.36. The molecular weight excluding hydrogens is 191 g/mol. The molecule has 0 aliphatic heterocycles. The predicted molar refractivity (Wildman–Crippen MR) is 46.0 cm³/mol. The minimum absolute atomic E-state index is 0.191. The lowest BCUT2D eigenvalue weighted by Crippen LogP contribution is -2.47. The Bertz CT molecular complexity index is 97.6. The highest BCUT2D eigenvalue weighted by molar-refractivity contribution is 6.76. The standard InChI is InChI=1S/C5H12Cl2O2Si/c1-8-10(3,9-2)5(7)4-6/h5H,4H2,1-3H3. The lowest BCUT2D eigenvalue weighted by molar-refractivity contribution is 0.249. The summed E-state index contributed by atoms with van der Waals surface area (Å²) in [5.41, 5.74) is 0. The highest BCUT2D eigenvalue weighted by Crippen LogP contribution is 2.16. The Balaban J connectivity index is 4.02. The van der Waals surface area contributed by atoms with E-state index in [4.69, 9.17) is 32.1 Å². The molecular formula is C5H12Cl2O2Si. The van der Waals surface area contributed by atoms with E-state index in [0.717, 1.165) is 0 Å². The van der Waals surface area contributed by atoms with Crippen molar-refractivity contribution in [1.29, 1.82) is 0 Å². The number of hydrogen-bond acceptors (Lipinski definition) is 2. The van der Waals surface area contributed by atoms with Crippen LogP contribution in [0.1, 0.15) is 0 Å². The third kappa shape index (κ3) is 2.40. The van der Waals surface area contributed by atoms with E-state index in [1.807, 2.05) is 6.55 Å². The summed E-state index contributed by atoms with van der Waals surface area (Å²) in [6.07, 6.45) is 0. The molecule has 0 spiro atoms. The summed E-state index contributed by atoms with van der Waals surface area (Å²) < 4.78 is 10.3. The minimum atomic E-state index is -2.17. The van der Waals surface area contributed by atoms with E-state index in [1.54, 1.807) is 14.2 Å². The van der Waals surface area contributed by atoms with Gasteiger partial charge in [-0.2, -0.15) is 0 Å². The van der Waals surface area contributed by atoms with E-state index in [9.17, 15) is 0 Å². The average molecular weight is 203 g/mol. The van der Waals surface area contributed by atoms with Crippen molar-refractivity contribution in [3.63, 3.8) is 0 Å². The summed E-state index contributed by atoms with van der Waals surface area (Å²) in [5.74, 6) is 0.367. The lowest BCUT2D eigenvalue weighted by Gasteiger charge is -2.25. The Labute approximate surface area is 72.7 Å². The van der Waals surface area contributed by atoms with E-state index in [0.29, 0.717) is 5.88 Å². The van der Waals surface area contributed by atoms with E-state index in [-0.39, 0.29) is 5.00 Å². The van der Waals surface area contributed by atoms with Crippen molar-refractivity contribution in [3.8, 4) is 0 Å². The molecule has 10 heavy (non-hydrogen) atoms. The molecule has 0 bridgehead atoms. The Morgan fingerprint density at radius 2 is 1.80 bits per heavy atom. The van der Waals surface area contributed by atoms with Gasteiger partial charge in [0.1, 0.15) is 0 Å². The summed E-state index contributed by atoms with van der Waals surface area (Å²) in [4.78, 5) is 0. The molecule has 0 saturated carbocycles. The van der Waals surface area contributed by atoms with Crippen LogP contribution in [0.5, 0.6) is 0 Å². The summed E-state index contributed by atoms with van der Waals surface area (Å²) >= 11 is 11.4. The van der Waals surface area contributed by atoms with Crippen molar-refractivity contribution in [1.82, 2.24) is 0 Å².